The fourth-order valence-corrected chi connectivity index (χ4v) is 3.23. The van der Waals surface area contributed by atoms with Gasteiger partial charge in [-0.25, -0.2) is 0 Å². The van der Waals surface area contributed by atoms with Crippen molar-refractivity contribution in [3.63, 3.8) is 0 Å². The van der Waals surface area contributed by atoms with Gasteiger partial charge in [0.1, 0.15) is 0 Å². The third-order valence-corrected chi connectivity index (χ3v) is 4.18. The van der Waals surface area contributed by atoms with E-state index in [4.69, 9.17) is 4.74 Å². The van der Waals surface area contributed by atoms with Gasteiger partial charge in [0, 0.05) is 45.4 Å². The van der Waals surface area contributed by atoms with Crippen LogP contribution in [0.4, 0.5) is 0 Å². The molecule has 0 aromatic carbocycles. The van der Waals surface area contributed by atoms with Crippen molar-refractivity contribution in [1.29, 1.82) is 0 Å². The molecule has 2 aliphatic rings. The number of methoxy groups -OCH3 is 1. The van der Waals surface area contributed by atoms with Gasteiger partial charge in [-0.1, -0.05) is 6.42 Å². The highest BCUT2D eigenvalue weighted by Gasteiger charge is 2.31. The normalized spacial score (nSPS) is 28.9. The first-order valence-electron chi connectivity index (χ1n) is 6.96. The van der Waals surface area contributed by atoms with Crippen molar-refractivity contribution in [3.8, 4) is 0 Å². The predicted octanol–water partition coefficient (Wildman–Crippen LogP) is 0.391. The van der Waals surface area contributed by atoms with Gasteiger partial charge in [-0.15, -0.1) is 0 Å². The Labute approximate surface area is 105 Å². The summed E-state index contributed by atoms with van der Waals surface area (Å²) in [5.41, 5.74) is 0. The van der Waals surface area contributed by atoms with E-state index in [0.29, 0.717) is 6.04 Å². The number of nitrogens with zero attached hydrogens (tertiary/aromatic N) is 2. The second kappa shape index (κ2) is 6.69. The van der Waals surface area contributed by atoms with Gasteiger partial charge in [-0.3, -0.25) is 9.80 Å². The lowest BCUT2D eigenvalue weighted by molar-refractivity contribution is 0.00615. The molecule has 2 saturated heterocycles. The Morgan fingerprint density at radius 2 is 2.18 bits per heavy atom. The SMILES string of the molecule is CNCC(COC)N1CCN2CCCCC2C1. The molecule has 2 unspecified atom stereocenters. The number of rotatable bonds is 5. The van der Waals surface area contributed by atoms with Crippen molar-refractivity contribution in [2.24, 2.45) is 0 Å². The van der Waals surface area contributed by atoms with Crippen molar-refractivity contribution < 1.29 is 4.74 Å². The molecular weight excluding hydrogens is 214 g/mol. The number of hydrogen-bond donors (Lipinski definition) is 1. The minimum atomic E-state index is 0.536. The zero-order valence-electron chi connectivity index (χ0n) is 11.3. The highest BCUT2D eigenvalue weighted by atomic mass is 16.5. The zero-order valence-corrected chi connectivity index (χ0v) is 11.3. The number of nitrogens with one attached hydrogen (secondary N) is 1. The molecule has 0 amide bonds. The Balaban J connectivity index is 1.88. The summed E-state index contributed by atoms with van der Waals surface area (Å²) in [6, 6.07) is 1.34. The highest BCUT2D eigenvalue weighted by Crippen LogP contribution is 2.22. The molecule has 0 aromatic heterocycles. The molecule has 0 bridgehead atoms. The molecule has 2 aliphatic heterocycles. The minimum Gasteiger partial charge on any atom is -0.383 e. The van der Waals surface area contributed by atoms with E-state index in [1.807, 2.05) is 7.05 Å². The number of piperazine rings is 1. The van der Waals surface area contributed by atoms with Crippen LogP contribution in [0.5, 0.6) is 0 Å². The number of piperidine rings is 1. The third kappa shape index (κ3) is 3.41. The summed E-state index contributed by atoms with van der Waals surface area (Å²) in [4.78, 5) is 5.30. The van der Waals surface area contributed by atoms with E-state index in [-0.39, 0.29) is 0 Å². The quantitative estimate of drug-likeness (QED) is 0.754. The topological polar surface area (TPSA) is 27.7 Å². The molecule has 0 aromatic rings. The van der Waals surface area contributed by atoms with Crippen LogP contribution in [-0.4, -0.2) is 75.4 Å². The van der Waals surface area contributed by atoms with E-state index >= 15 is 0 Å². The first-order chi connectivity index (χ1) is 8.35. The van der Waals surface area contributed by atoms with Crippen molar-refractivity contribution in [1.82, 2.24) is 15.1 Å². The number of likely N-dealkylation sites (N-methyl/N-ethyl adjacent to an activating group) is 1. The van der Waals surface area contributed by atoms with Crippen LogP contribution >= 0.6 is 0 Å². The van der Waals surface area contributed by atoms with Gasteiger partial charge >= 0.3 is 0 Å². The van der Waals surface area contributed by atoms with Gasteiger partial charge in [-0.05, 0) is 26.4 Å². The summed E-state index contributed by atoms with van der Waals surface area (Å²) in [7, 11) is 3.83. The second-order valence-corrected chi connectivity index (χ2v) is 5.35. The largest absolute Gasteiger partial charge is 0.383 e. The number of ether oxygens (including phenoxy) is 1. The molecule has 0 spiro atoms. The van der Waals surface area contributed by atoms with Crippen molar-refractivity contribution >= 4 is 0 Å². The lowest BCUT2D eigenvalue weighted by Gasteiger charge is -2.46. The van der Waals surface area contributed by atoms with Gasteiger partial charge in [0.15, 0.2) is 0 Å². The lowest BCUT2D eigenvalue weighted by Crippen LogP contribution is -2.59. The van der Waals surface area contributed by atoms with Crippen molar-refractivity contribution in [2.45, 2.75) is 31.3 Å². The maximum absolute atomic E-state index is 5.35. The molecule has 0 radical (unpaired) electrons. The van der Waals surface area contributed by atoms with Crippen LogP contribution in [0, 0.1) is 0 Å². The van der Waals surface area contributed by atoms with Crippen LogP contribution in [0.1, 0.15) is 19.3 Å². The van der Waals surface area contributed by atoms with Crippen LogP contribution < -0.4 is 5.32 Å². The monoisotopic (exact) mass is 241 g/mol. The number of hydrogen-bond acceptors (Lipinski definition) is 4. The summed E-state index contributed by atoms with van der Waals surface area (Å²) in [6.45, 7) is 6.87. The Morgan fingerprint density at radius 3 is 2.94 bits per heavy atom. The highest BCUT2D eigenvalue weighted by molar-refractivity contribution is 4.88. The molecule has 0 aliphatic carbocycles. The van der Waals surface area contributed by atoms with Gasteiger partial charge < -0.3 is 10.1 Å². The van der Waals surface area contributed by atoms with Gasteiger partial charge in [-0.2, -0.15) is 0 Å². The maximum atomic E-state index is 5.35. The smallest absolute Gasteiger partial charge is 0.0630 e. The zero-order chi connectivity index (χ0) is 12.1. The van der Waals surface area contributed by atoms with Crippen LogP contribution in [0.25, 0.3) is 0 Å². The van der Waals surface area contributed by atoms with E-state index in [0.717, 1.165) is 19.2 Å². The Morgan fingerprint density at radius 1 is 1.29 bits per heavy atom. The summed E-state index contributed by atoms with van der Waals surface area (Å²) in [5.74, 6) is 0. The molecule has 1 N–H and O–H groups in total. The van der Waals surface area contributed by atoms with Gasteiger partial charge in [0.05, 0.1) is 6.61 Å². The van der Waals surface area contributed by atoms with E-state index in [9.17, 15) is 0 Å². The summed E-state index contributed by atoms with van der Waals surface area (Å²) >= 11 is 0. The maximum Gasteiger partial charge on any atom is 0.0630 e. The van der Waals surface area contributed by atoms with Crippen LogP contribution in [-0.2, 0) is 4.74 Å². The molecular formula is C13H27N3O. The summed E-state index contributed by atoms with van der Waals surface area (Å²) in [6.07, 6.45) is 4.19. The number of fused-ring (bicyclic) bond motifs is 1. The molecule has 4 nitrogen and oxygen atoms in total. The predicted molar refractivity (Wildman–Crippen MR) is 70.4 cm³/mol. The van der Waals surface area contributed by atoms with Gasteiger partial charge in [0.2, 0.25) is 0 Å². The van der Waals surface area contributed by atoms with Crippen LogP contribution in [0.2, 0.25) is 0 Å². The molecule has 2 atom stereocenters. The van der Waals surface area contributed by atoms with Gasteiger partial charge in [0.25, 0.3) is 0 Å². The third-order valence-electron chi connectivity index (χ3n) is 4.18. The van der Waals surface area contributed by atoms with Crippen LogP contribution in [0.3, 0.4) is 0 Å². The second-order valence-electron chi connectivity index (χ2n) is 5.35. The standard InChI is InChI=1S/C13H27N3O/c1-14-9-13(11-17-2)16-8-7-15-6-4-3-5-12(15)10-16/h12-14H,3-11H2,1-2H3. The molecule has 2 rings (SSSR count). The average molecular weight is 241 g/mol. The van der Waals surface area contributed by atoms with Crippen molar-refractivity contribution in [2.75, 3.05) is 53.5 Å². The van der Waals surface area contributed by atoms with Crippen molar-refractivity contribution in [3.05, 3.63) is 0 Å². The fourth-order valence-electron chi connectivity index (χ4n) is 3.23. The Bertz CT molecular complexity index is 219. The van der Waals surface area contributed by atoms with E-state index in [1.165, 1.54) is 45.4 Å². The first-order valence-corrected chi connectivity index (χ1v) is 6.96. The van der Waals surface area contributed by atoms with Crippen LogP contribution in [0.15, 0.2) is 0 Å². The summed E-state index contributed by atoms with van der Waals surface area (Å²) in [5, 5.41) is 3.29. The minimum absolute atomic E-state index is 0.536. The van der Waals surface area contributed by atoms with E-state index in [2.05, 4.69) is 15.1 Å². The Kier molecular flexibility index (Phi) is 5.22. The summed E-state index contributed by atoms with van der Waals surface area (Å²) < 4.78 is 5.35. The van der Waals surface area contributed by atoms with E-state index in [1.54, 1.807) is 7.11 Å². The molecule has 2 fully saturated rings. The molecule has 0 saturated carbocycles. The fraction of sp³-hybridized carbons (Fsp3) is 1.00. The molecule has 17 heavy (non-hydrogen) atoms. The molecule has 2 heterocycles. The average Bonchev–Trinajstić information content (AvgIpc) is 2.38. The lowest BCUT2D eigenvalue weighted by atomic mass is 9.98. The molecule has 100 valence electrons. The first kappa shape index (κ1) is 13.3. The van der Waals surface area contributed by atoms with E-state index < -0.39 is 0 Å². The Hall–Kier alpha value is -0.160. The molecule has 4 heteroatoms.